The molecule has 1 aliphatic carbocycles. The van der Waals surface area contributed by atoms with E-state index >= 15 is 0 Å². The van der Waals surface area contributed by atoms with Crippen molar-refractivity contribution in [3.8, 4) is 0 Å². The number of piperidine rings is 1. The molecule has 2 fully saturated rings. The van der Waals surface area contributed by atoms with E-state index in [0.717, 1.165) is 49.7 Å². The van der Waals surface area contributed by atoms with E-state index in [1.54, 1.807) is 6.26 Å². The van der Waals surface area contributed by atoms with Crippen molar-refractivity contribution in [2.75, 3.05) is 24.5 Å². The standard InChI is InChI=1S/C26H35N3O2/c30-25-26(12-14-27-15-13-26)23-18-21(17-20-7-4-2-1-3-5-8-20)10-11-24(23)29(25)19-22-9-6-16-31-28-22/h6,9-11,16,18,20,27-28H,1-5,7-8,12-15,17,19H2. The van der Waals surface area contributed by atoms with E-state index in [4.69, 9.17) is 4.84 Å². The van der Waals surface area contributed by atoms with Gasteiger partial charge in [0, 0.05) is 5.69 Å². The molecule has 1 spiro atoms. The van der Waals surface area contributed by atoms with Crippen LogP contribution in [0.5, 0.6) is 0 Å². The number of carbonyl (C=O) groups excluding carboxylic acids is 1. The Hall–Kier alpha value is -2.27. The van der Waals surface area contributed by atoms with Gasteiger partial charge >= 0.3 is 0 Å². The molecule has 3 heterocycles. The highest BCUT2D eigenvalue weighted by atomic mass is 16.6. The number of rotatable bonds is 4. The predicted molar refractivity (Wildman–Crippen MR) is 124 cm³/mol. The second-order valence-electron chi connectivity index (χ2n) is 9.73. The highest BCUT2D eigenvalue weighted by molar-refractivity contribution is 6.08. The van der Waals surface area contributed by atoms with Crippen molar-refractivity contribution in [1.82, 2.24) is 10.8 Å². The number of amides is 1. The molecule has 5 nitrogen and oxygen atoms in total. The van der Waals surface area contributed by atoms with Crippen molar-refractivity contribution in [3.05, 3.63) is 53.4 Å². The SMILES string of the molecule is O=C1N(CC2=CC=CON2)c2ccc(CC3CCCCCCC3)cc2C12CCNCC2. The van der Waals surface area contributed by atoms with Crippen molar-refractivity contribution >= 4 is 11.6 Å². The molecule has 1 saturated carbocycles. The van der Waals surface area contributed by atoms with Gasteiger partial charge in [-0.25, -0.2) is 5.48 Å². The van der Waals surface area contributed by atoms with E-state index in [0.29, 0.717) is 6.54 Å². The van der Waals surface area contributed by atoms with E-state index in [9.17, 15) is 4.79 Å². The fraction of sp³-hybridized carbons (Fsp3) is 0.577. The van der Waals surface area contributed by atoms with Gasteiger partial charge in [0.25, 0.3) is 0 Å². The number of hydrogen-bond donors (Lipinski definition) is 2. The molecule has 4 aliphatic rings. The number of hydroxylamine groups is 1. The molecule has 1 aromatic rings. The Labute approximate surface area is 185 Å². The highest BCUT2D eigenvalue weighted by Crippen LogP contribution is 2.48. The lowest BCUT2D eigenvalue weighted by Crippen LogP contribution is -2.48. The molecule has 0 radical (unpaired) electrons. The van der Waals surface area contributed by atoms with Gasteiger partial charge in [-0.3, -0.25) is 4.79 Å². The van der Waals surface area contributed by atoms with Crippen molar-refractivity contribution in [2.24, 2.45) is 5.92 Å². The summed E-state index contributed by atoms with van der Waals surface area (Å²) in [6, 6.07) is 6.87. The average Bonchev–Trinajstić information content (AvgIpc) is 2.99. The second kappa shape index (κ2) is 9.07. The molecule has 0 unspecified atom stereocenters. The van der Waals surface area contributed by atoms with Crippen LogP contribution in [0.25, 0.3) is 0 Å². The van der Waals surface area contributed by atoms with Crippen LogP contribution in [0.15, 0.2) is 42.3 Å². The second-order valence-corrected chi connectivity index (χ2v) is 9.73. The number of benzene rings is 1. The van der Waals surface area contributed by atoms with E-state index in [1.807, 2.05) is 17.1 Å². The molecular weight excluding hydrogens is 386 g/mol. The molecule has 1 amide bonds. The summed E-state index contributed by atoms with van der Waals surface area (Å²) >= 11 is 0. The van der Waals surface area contributed by atoms with Gasteiger partial charge in [-0.2, -0.15) is 0 Å². The maximum atomic E-state index is 13.8. The summed E-state index contributed by atoms with van der Waals surface area (Å²) in [7, 11) is 0. The Bertz CT molecular complexity index is 861. The largest absolute Gasteiger partial charge is 0.390 e. The van der Waals surface area contributed by atoms with Gasteiger partial charge in [-0.05, 0) is 67.6 Å². The smallest absolute Gasteiger partial charge is 0.238 e. The monoisotopic (exact) mass is 421 g/mol. The first-order chi connectivity index (χ1) is 15.3. The quantitative estimate of drug-likeness (QED) is 0.752. The molecule has 0 bridgehead atoms. The molecular formula is C26H35N3O2. The number of nitrogens with zero attached hydrogens (tertiary/aromatic N) is 1. The number of nitrogens with one attached hydrogen (secondary N) is 2. The number of anilines is 1. The van der Waals surface area contributed by atoms with Crippen LogP contribution in [0, 0.1) is 5.92 Å². The van der Waals surface area contributed by atoms with Gasteiger partial charge in [0.15, 0.2) is 0 Å². The summed E-state index contributed by atoms with van der Waals surface area (Å²) in [5.74, 6) is 1.04. The third-order valence-corrected chi connectivity index (χ3v) is 7.69. The molecule has 166 valence electrons. The van der Waals surface area contributed by atoms with Gasteiger partial charge in [0.2, 0.25) is 5.91 Å². The Kier molecular flexibility index (Phi) is 6.04. The summed E-state index contributed by atoms with van der Waals surface area (Å²) in [6.45, 7) is 2.32. The van der Waals surface area contributed by atoms with Crippen LogP contribution in [0.3, 0.4) is 0 Å². The first-order valence-electron chi connectivity index (χ1n) is 12.2. The molecule has 5 rings (SSSR count). The van der Waals surface area contributed by atoms with Crippen molar-refractivity contribution in [3.63, 3.8) is 0 Å². The zero-order valence-corrected chi connectivity index (χ0v) is 18.5. The van der Waals surface area contributed by atoms with Crippen molar-refractivity contribution < 1.29 is 9.63 Å². The van der Waals surface area contributed by atoms with Crippen LogP contribution in [0.4, 0.5) is 5.69 Å². The topological polar surface area (TPSA) is 53.6 Å². The van der Waals surface area contributed by atoms with Crippen molar-refractivity contribution in [1.29, 1.82) is 0 Å². The lowest BCUT2D eigenvalue weighted by Gasteiger charge is -2.33. The summed E-state index contributed by atoms with van der Waals surface area (Å²) in [5.41, 5.74) is 7.23. The average molecular weight is 422 g/mol. The van der Waals surface area contributed by atoms with Gasteiger partial charge in [0.05, 0.1) is 17.7 Å². The molecule has 1 saturated heterocycles. The van der Waals surface area contributed by atoms with Gasteiger partial charge in [-0.1, -0.05) is 57.1 Å². The molecule has 0 atom stereocenters. The lowest BCUT2D eigenvalue weighted by molar-refractivity contribution is -0.124. The number of carbonyl (C=O) groups is 1. The molecule has 5 heteroatoms. The summed E-state index contributed by atoms with van der Waals surface area (Å²) in [4.78, 5) is 21.0. The minimum atomic E-state index is -0.372. The van der Waals surface area contributed by atoms with Crippen LogP contribution >= 0.6 is 0 Å². The first-order valence-corrected chi connectivity index (χ1v) is 12.2. The van der Waals surface area contributed by atoms with Gasteiger partial charge < -0.3 is 15.1 Å². The van der Waals surface area contributed by atoms with E-state index in [2.05, 4.69) is 29.0 Å². The zero-order valence-electron chi connectivity index (χ0n) is 18.5. The van der Waals surface area contributed by atoms with E-state index in [1.165, 1.54) is 56.1 Å². The van der Waals surface area contributed by atoms with Crippen LogP contribution in [-0.4, -0.2) is 25.5 Å². The van der Waals surface area contributed by atoms with Gasteiger partial charge in [0.1, 0.15) is 6.26 Å². The molecule has 3 aliphatic heterocycles. The van der Waals surface area contributed by atoms with E-state index < -0.39 is 0 Å². The van der Waals surface area contributed by atoms with Crippen LogP contribution in [0.1, 0.15) is 68.9 Å². The normalized spacial score (nSPS) is 23.5. The summed E-state index contributed by atoms with van der Waals surface area (Å²) < 4.78 is 0. The molecule has 0 aromatic heterocycles. The Morgan fingerprint density at radius 2 is 1.84 bits per heavy atom. The highest BCUT2D eigenvalue weighted by Gasteiger charge is 2.51. The van der Waals surface area contributed by atoms with Crippen LogP contribution in [-0.2, 0) is 21.5 Å². The first kappa shape index (κ1) is 20.6. The fourth-order valence-corrected chi connectivity index (χ4v) is 5.98. The number of hydrogen-bond acceptors (Lipinski definition) is 4. The Balaban J connectivity index is 1.43. The minimum absolute atomic E-state index is 0.254. The zero-order chi connectivity index (χ0) is 21.1. The fourth-order valence-electron chi connectivity index (χ4n) is 5.98. The summed E-state index contributed by atoms with van der Waals surface area (Å²) in [5, 5.41) is 3.45. The molecule has 2 N–H and O–H groups in total. The van der Waals surface area contributed by atoms with Crippen molar-refractivity contribution in [2.45, 2.75) is 69.6 Å². The maximum Gasteiger partial charge on any atom is 0.238 e. The third kappa shape index (κ3) is 4.12. The lowest BCUT2D eigenvalue weighted by atomic mass is 9.73. The maximum absolute atomic E-state index is 13.8. The molecule has 1 aromatic carbocycles. The Morgan fingerprint density at radius 1 is 1.06 bits per heavy atom. The number of allylic oxidation sites excluding steroid dienone is 2. The number of fused-ring (bicyclic) bond motifs is 2. The third-order valence-electron chi connectivity index (χ3n) is 7.69. The van der Waals surface area contributed by atoms with Gasteiger partial charge in [-0.15, -0.1) is 0 Å². The Morgan fingerprint density at radius 3 is 2.58 bits per heavy atom. The predicted octanol–water partition coefficient (Wildman–Crippen LogP) is 4.49. The molecule has 31 heavy (non-hydrogen) atoms. The van der Waals surface area contributed by atoms with Crippen LogP contribution < -0.4 is 15.7 Å². The summed E-state index contributed by atoms with van der Waals surface area (Å²) in [6.07, 6.45) is 18.0. The van der Waals surface area contributed by atoms with E-state index in [-0.39, 0.29) is 11.3 Å². The van der Waals surface area contributed by atoms with Crippen LogP contribution in [0.2, 0.25) is 0 Å². The minimum Gasteiger partial charge on any atom is -0.390 e.